The van der Waals surface area contributed by atoms with Crippen molar-refractivity contribution in [3.63, 3.8) is 0 Å². The molecule has 0 saturated carbocycles. The Bertz CT molecular complexity index is 958. The molecule has 5 nitrogen and oxygen atoms in total. The summed E-state index contributed by atoms with van der Waals surface area (Å²) in [4.78, 5) is 27.8. The van der Waals surface area contributed by atoms with Gasteiger partial charge in [0.05, 0.1) is 5.69 Å². The van der Waals surface area contributed by atoms with Crippen LogP contribution >= 0.6 is 0 Å². The van der Waals surface area contributed by atoms with E-state index in [4.69, 9.17) is 0 Å². The first-order valence-corrected chi connectivity index (χ1v) is 7.87. The van der Waals surface area contributed by atoms with Gasteiger partial charge in [-0.3, -0.25) is 9.59 Å². The van der Waals surface area contributed by atoms with Crippen molar-refractivity contribution in [2.45, 2.75) is 40.5 Å². The monoisotopic (exact) mass is 311 g/mol. The molecule has 2 heterocycles. The molecule has 1 N–H and O–H groups in total. The van der Waals surface area contributed by atoms with E-state index in [1.54, 1.807) is 0 Å². The van der Waals surface area contributed by atoms with Crippen molar-refractivity contribution in [2.24, 2.45) is 5.41 Å². The largest absolute Gasteiger partial charge is 0.320 e. The van der Waals surface area contributed by atoms with E-state index in [1.807, 2.05) is 52.0 Å². The van der Waals surface area contributed by atoms with Crippen molar-refractivity contribution < 1.29 is 4.79 Å². The van der Waals surface area contributed by atoms with Crippen LogP contribution in [-0.2, 0) is 6.42 Å². The lowest BCUT2D eigenvalue weighted by Gasteiger charge is -2.17. The Labute approximate surface area is 134 Å². The topological polar surface area (TPSA) is 67.8 Å². The lowest BCUT2D eigenvalue weighted by molar-refractivity contribution is 0.0837. The van der Waals surface area contributed by atoms with E-state index < -0.39 is 0 Å². The van der Waals surface area contributed by atoms with Gasteiger partial charge in [-0.2, -0.15) is 5.10 Å². The maximum Gasteiger partial charge on any atom is 0.276 e. The molecule has 3 aromatic rings. The molecule has 0 spiro atoms. The summed E-state index contributed by atoms with van der Waals surface area (Å²) in [7, 11) is 0. The van der Waals surface area contributed by atoms with Crippen LogP contribution in [0.3, 0.4) is 0 Å². The number of hydrogen-bond acceptors (Lipinski definition) is 3. The number of hydrogen-bond donors (Lipinski definition) is 1. The van der Waals surface area contributed by atoms with Gasteiger partial charge in [-0.15, -0.1) is 0 Å². The fourth-order valence-corrected chi connectivity index (χ4v) is 2.95. The van der Waals surface area contributed by atoms with E-state index >= 15 is 0 Å². The van der Waals surface area contributed by atoms with Crippen molar-refractivity contribution in [2.75, 3.05) is 0 Å². The number of aromatic nitrogens is 3. The Morgan fingerprint density at radius 3 is 2.61 bits per heavy atom. The number of nitrogens with zero attached hydrogens (tertiary/aromatic N) is 2. The zero-order chi connectivity index (χ0) is 16.8. The van der Waals surface area contributed by atoms with Gasteiger partial charge in [0.2, 0.25) is 5.91 Å². The number of H-pyrrole nitrogens is 1. The summed E-state index contributed by atoms with van der Waals surface area (Å²) in [5, 5.41) is 6.05. The maximum absolute atomic E-state index is 12.6. The van der Waals surface area contributed by atoms with Crippen molar-refractivity contribution in [1.82, 2.24) is 14.8 Å². The van der Waals surface area contributed by atoms with Gasteiger partial charge in [0.1, 0.15) is 0 Å². The van der Waals surface area contributed by atoms with Crippen molar-refractivity contribution in [3.05, 3.63) is 40.3 Å². The van der Waals surface area contributed by atoms with Gasteiger partial charge in [0.25, 0.3) is 5.56 Å². The Morgan fingerprint density at radius 2 is 1.96 bits per heavy atom. The van der Waals surface area contributed by atoms with Crippen molar-refractivity contribution >= 4 is 27.7 Å². The zero-order valence-corrected chi connectivity index (χ0v) is 13.9. The summed E-state index contributed by atoms with van der Waals surface area (Å²) < 4.78 is 1.43. The van der Waals surface area contributed by atoms with Gasteiger partial charge < -0.3 is 4.98 Å². The third kappa shape index (κ3) is 2.67. The summed E-state index contributed by atoms with van der Waals surface area (Å²) in [6.07, 6.45) is 1.02. The third-order valence-corrected chi connectivity index (χ3v) is 3.89. The van der Waals surface area contributed by atoms with Crippen LogP contribution in [0.1, 0.15) is 44.6 Å². The van der Waals surface area contributed by atoms with Crippen molar-refractivity contribution in [3.8, 4) is 0 Å². The molecule has 0 unspecified atom stereocenters. The number of rotatable bonds is 2. The number of aromatic amines is 1. The standard InChI is InChI=1S/C18H21N3O2/c1-5-13-15-11-8-6-7-9-12(11)19-17(23)16(15)20-21(13)14(22)10-18(2,3)4/h6-9H,5,10H2,1-4H3,(H,19,23). The minimum Gasteiger partial charge on any atom is -0.320 e. The summed E-state index contributed by atoms with van der Waals surface area (Å²) >= 11 is 0. The number of carbonyl (C=O) groups excluding carboxylic acids is 1. The quantitative estimate of drug-likeness (QED) is 0.787. The number of aryl methyl sites for hydroxylation is 1. The highest BCUT2D eigenvalue weighted by Crippen LogP contribution is 2.26. The van der Waals surface area contributed by atoms with E-state index in [0.29, 0.717) is 18.4 Å². The highest BCUT2D eigenvalue weighted by Gasteiger charge is 2.23. The molecule has 0 aliphatic heterocycles. The number of para-hydroxylation sites is 1. The van der Waals surface area contributed by atoms with Crippen LogP contribution in [0, 0.1) is 5.41 Å². The average Bonchev–Trinajstić information content (AvgIpc) is 2.86. The molecule has 0 aliphatic carbocycles. The molecule has 0 saturated heterocycles. The predicted octanol–water partition coefficient (Wildman–Crippen LogP) is 3.52. The molecule has 0 aliphatic rings. The van der Waals surface area contributed by atoms with Gasteiger partial charge in [0.15, 0.2) is 5.52 Å². The molecule has 0 atom stereocenters. The van der Waals surface area contributed by atoms with Crippen molar-refractivity contribution in [1.29, 1.82) is 0 Å². The lowest BCUT2D eigenvalue weighted by atomic mass is 9.92. The molecule has 2 aromatic heterocycles. The summed E-state index contributed by atoms with van der Waals surface area (Å²) in [5.74, 6) is -0.0750. The summed E-state index contributed by atoms with van der Waals surface area (Å²) in [6.45, 7) is 8.03. The smallest absolute Gasteiger partial charge is 0.276 e. The van der Waals surface area contributed by atoms with Gasteiger partial charge in [-0.25, -0.2) is 4.68 Å². The van der Waals surface area contributed by atoms with E-state index in [1.165, 1.54) is 4.68 Å². The fraction of sp³-hybridized carbons (Fsp3) is 0.389. The molecule has 3 rings (SSSR count). The van der Waals surface area contributed by atoms with E-state index in [-0.39, 0.29) is 16.9 Å². The minimum atomic E-state index is -0.254. The first kappa shape index (κ1) is 15.5. The number of nitrogens with one attached hydrogen (secondary N) is 1. The molecule has 120 valence electrons. The number of benzene rings is 1. The summed E-state index contributed by atoms with van der Waals surface area (Å²) in [6, 6.07) is 7.62. The first-order valence-electron chi connectivity index (χ1n) is 7.87. The second kappa shape index (κ2) is 5.33. The number of carbonyl (C=O) groups is 1. The van der Waals surface area contributed by atoms with Crippen LogP contribution in [0.25, 0.3) is 21.8 Å². The van der Waals surface area contributed by atoms with Gasteiger partial charge >= 0.3 is 0 Å². The fourth-order valence-electron chi connectivity index (χ4n) is 2.95. The minimum absolute atomic E-state index is 0.0750. The van der Waals surface area contributed by atoms with Gasteiger partial charge in [0, 0.05) is 22.7 Å². The van der Waals surface area contributed by atoms with E-state index in [9.17, 15) is 9.59 Å². The second-order valence-electron chi connectivity index (χ2n) is 7.07. The molecular weight excluding hydrogens is 290 g/mol. The Kier molecular flexibility index (Phi) is 3.59. The maximum atomic E-state index is 12.6. The Hall–Kier alpha value is -2.43. The molecular formula is C18H21N3O2. The van der Waals surface area contributed by atoms with Gasteiger partial charge in [-0.05, 0) is 17.9 Å². The Balaban J connectivity index is 2.33. The van der Waals surface area contributed by atoms with E-state index in [2.05, 4.69) is 10.1 Å². The van der Waals surface area contributed by atoms with Crippen LogP contribution in [0.15, 0.2) is 29.1 Å². The molecule has 23 heavy (non-hydrogen) atoms. The molecule has 0 radical (unpaired) electrons. The van der Waals surface area contributed by atoms with Crippen LogP contribution in [0.5, 0.6) is 0 Å². The average molecular weight is 311 g/mol. The Morgan fingerprint density at radius 1 is 1.26 bits per heavy atom. The molecule has 0 bridgehead atoms. The third-order valence-electron chi connectivity index (χ3n) is 3.89. The predicted molar refractivity (Wildman–Crippen MR) is 91.9 cm³/mol. The van der Waals surface area contributed by atoms with Gasteiger partial charge in [-0.1, -0.05) is 45.9 Å². The SMILES string of the molecule is CCc1c2c(nn1C(=O)CC(C)(C)C)c(=O)[nH]c1ccccc12. The number of pyridine rings is 1. The van der Waals surface area contributed by atoms with Crippen LogP contribution in [-0.4, -0.2) is 20.7 Å². The van der Waals surface area contributed by atoms with Crippen LogP contribution in [0.2, 0.25) is 0 Å². The van der Waals surface area contributed by atoms with Crippen LogP contribution in [0.4, 0.5) is 0 Å². The highest BCUT2D eigenvalue weighted by atomic mass is 16.2. The first-order chi connectivity index (χ1) is 10.8. The molecule has 0 amide bonds. The summed E-state index contributed by atoms with van der Waals surface area (Å²) in [5.41, 5.74) is 1.52. The zero-order valence-electron chi connectivity index (χ0n) is 13.9. The van der Waals surface area contributed by atoms with Crippen LogP contribution < -0.4 is 5.56 Å². The number of fused-ring (bicyclic) bond motifs is 3. The normalized spacial score (nSPS) is 12.2. The molecule has 0 fully saturated rings. The second-order valence-corrected chi connectivity index (χ2v) is 7.07. The lowest BCUT2D eigenvalue weighted by Crippen LogP contribution is -2.21. The van der Waals surface area contributed by atoms with E-state index in [0.717, 1.165) is 22.0 Å². The highest BCUT2D eigenvalue weighted by molar-refractivity contribution is 6.06. The molecule has 5 heteroatoms. The molecule has 1 aromatic carbocycles.